The number of carbonyl (C=O) groups is 1. The zero-order valence-electron chi connectivity index (χ0n) is 12.6. The maximum Gasteiger partial charge on any atom is 0.260 e. The molecule has 1 unspecified atom stereocenters. The van der Waals surface area contributed by atoms with Crippen molar-refractivity contribution in [3.8, 4) is 5.75 Å². The fourth-order valence-corrected chi connectivity index (χ4v) is 2.71. The third kappa shape index (κ3) is 4.35. The zero-order valence-corrected chi connectivity index (χ0v) is 13.4. The summed E-state index contributed by atoms with van der Waals surface area (Å²) in [7, 11) is 0. The van der Waals surface area contributed by atoms with Crippen LogP contribution >= 0.6 is 11.6 Å². The molecule has 0 spiro atoms. The van der Waals surface area contributed by atoms with Crippen LogP contribution in [0.3, 0.4) is 0 Å². The summed E-state index contributed by atoms with van der Waals surface area (Å²) in [6, 6.07) is 6.00. The second-order valence-electron chi connectivity index (χ2n) is 5.61. The molecule has 0 bridgehead atoms. The van der Waals surface area contributed by atoms with Crippen molar-refractivity contribution in [2.75, 3.05) is 13.2 Å². The molecule has 1 atom stereocenters. The van der Waals surface area contributed by atoms with Gasteiger partial charge in [-0.05, 0) is 44.7 Å². The fourth-order valence-electron chi connectivity index (χ4n) is 2.46. The quantitative estimate of drug-likeness (QED) is 0.842. The van der Waals surface area contributed by atoms with Gasteiger partial charge in [-0.3, -0.25) is 4.79 Å². The molecule has 0 aliphatic heterocycles. The number of likely N-dealkylation sites (N-methyl/N-ethyl adjacent to an activating group) is 1. The lowest BCUT2D eigenvalue weighted by atomic mass is 10.1. The average Bonchev–Trinajstić information content (AvgIpc) is 3.23. The average molecular weight is 311 g/mol. The van der Waals surface area contributed by atoms with Crippen LogP contribution < -0.4 is 10.5 Å². The molecule has 2 N–H and O–H groups in total. The summed E-state index contributed by atoms with van der Waals surface area (Å²) in [6.45, 7) is 4.68. The normalized spacial score (nSPS) is 15.6. The van der Waals surface area contributed by atoms with Gasteiger partial charge in [-0.2, -0.15) is 0 Å². The van der Waals surface area contributed by atoms with Crippen molar-refractivity contribution in [3.05, 3.63) is 28.8 Å². The lowest BCUT2D eigenvalue weighted by Crippen LogP contribution is -2.36. The Morgan fingerprint density at radius 1 is 1.52 bits per heavy atom. The second-order valence-corrected chi connectivity index (χ2v) is 6.02. The Kier molecular flexibility index (Phi) is 5.48. The summed E-state index contributed by atoms with van der Waals surface area (Å²) in [5, 5.41) is 0.524. The molecule has 5 heteroatoms. The van der Waals surface area contributed by atoms with Crippen LogP contribution in [0.25, 0.3) is 0 Å². The van der Waals surface area contributed by atoms with Crippen LogP contribution in [0.2, 0.25) is 5.02 Å². The molecule has 1 aromatic rings. The van der Waals surface area contributed by atoms with E-state index < -0.39 is 0 Å². The largest absolute Gasteiger partial charge is 0.482 e. The smallest absolute Gasteiger partial charge is 0.260 e. The van der Waals surface area contributed by atoms with Gasteiger partial charge >= 0.3 is 0 Å². The zero-order chi connectivity index (χ0) is 15.4. The number of benzene rings is 1. The Morgan fingerprint density at radius 3 is 2.81 bits per heavy atom. The third-order valence-corrected chi connectivity index (χ3v) is 3.88. The Labute approximate surface area is 131 Å². The minimum absolute atomic E-state index is 0.0140. The van der Waals surface area contributed by atoms with E-state index in [9.17, 15) is 4.79 Å². The number of halogens is 1. The molecule has 0 heterocycles. The number of para-hydroxylation sites is 1. The maximum absolute atomic E-state index is 12.2. The number of hydrogen-bond donors (Lipinski definition) is 1. The van der Waals surface area contributed by atoms with E-state index in [1.165, 1.54) is 0 Å². The van der Waals surface area contributed by atoms with Gasteiger partial charge in [0.2, 0.25) is 0 Å². The molecule has 2 rings (SSSR count). The minimum atomic E-state index is 0.0140. The Hall–Kier alpha value is -1.26. The highest BCUT2D eigenvalue weighted by atomic mass is 35.5. The maximum atomic E-state index is 12.2. The van der Waals surface area contributed by atoms with Crippen molar-refractivity contribution in [1.82, 2.24) is 4.90 Å². The molecule has 1 fully saturated rings. The Bertz CT molecular complexity index is 501. The van der Waals surface area contributed by atoms with Crippen molar-refractivity contribution in [2.45, 2.75) is 45.2 Å². The fraction of sp³-hybridized carbons (Fsp3) is 0.562. The second kappa shape index (κ2) is 7.14. The number of ether oxygens (including phenoxy) is 1. The molecule has 1 saturated carbocycles. The van der Waals surface area contributed by atoms with Gasteiger partial charge in [-0.1, -0.05) is 23.7 Å². The molecule has 0 saturated heterocycles. The standard InChI is InChI=1S/C16H23ClN2O2/c1-3-19(13-7-8-13)15(20)10-21-16-12(9-11(2)18)5-4-6-14(16)17/h4-6,11,13H,3,7-10,18H2,1-2H3. The molecule has 21 heavy (non-hydrogen) atoms. The van der Waals surface area contributed by atoms with Crippen molar-refractivity contribution < 1.29 is 9.53 Å². The van der Waals surface area contributed by atoms with Crippen LogP contribution in [0.4, 0.5) is 0 Å². The number of rotatable bonds is 7. The monoisotopic (exact) mass is 310 g/mol. The number of nitrogens with two attached hydrogens (primary N) is 1. The molecule has 4 nitrogen and oxygen atoms in total. The lowest BCUT2D eigenvalue weighted by molar-refractivity contribution is -0.133. The molecular weight excluding hydrogens is 288 g/mol. The van der Waals surface area contributed by atoms with E-state index in [-0.39, 0.29) is 18.6 Å². The molecule has 1 aromatic carbocycles. The van der Waals surface area contributed by atoms with Crippen molar-refractivity contribution in [2.24, 2.45) is 5.73 Å². The number of nitrogens with zero attached hydrogens (tertiary/aromatic N) is 1. The van der Waals surface area contributed by atoms with E-state index in [4.69, 9.17) is 22.1 Å². The van der Waals surface area contributed by atoms with Crippen LogP contribution in [0.15, 0.2) is 18.2 Å². The summed E-state index contributed by atoms with van der Waals surface area (Å²) in [5.41, 5.74) is 6.79. The first-order valence-corrected chi connectivity index (χ1v) is 7.86. The van der Waals surface area contributed by atoms with E-state index in [2.05, 4.69) is 0 Å². The first-order chi connectivity index (χ1) is 10.0. The first kappa shape index (κ1) is 16.1. The number of hydrogen-bond acceptors (Lipinski definition) is 3. The highest BCUT2D eigenvalue weighted by molar-refractivity contribution is 6.32. The summed E-state index contributed by atoms with van der Waals surface area (Å²) in [4.78, 5) is 14.1. The van der Waals surface area contributed by atoms with Crippen LogP contribution in [0.5, 0.6) is 5.75 Å². The lowest BCUT2D eigenvalue weighted by Gasteiger charge is -2.21. The predicted molar refractivity (Wildman–Crippen MR) is 84.7 cm³/mol. The van der Waals surface area contributed by atoms with E-state index >= 15 is 0 Å². The third-order valence-electron chi connectivity index (χ3n) is 3.58. The van der Waals surface area contributed by atoms with E-state index in [0.717, 1.165) is 24.9 Å². The van der Waals surface area contributed by atoms with Gasteiger partial charge in [0.05, 0.1) is 5.02 Å². The molecule has 116 valence electrons. The van der Waals surface area contributed by atoms with Crippen molar-refractivity contribution in [1.29, 1.82) is 0 Å². The van der Waals surface area contributed by atoms with Gasteiger partial charge in [-0.15, -0.1) is 0 Å². The SMILES string of the molecule is CCN(C(=O)COc1c(Cl)cccc1CC(C)N)C1CC1. The number of amides is 1. The van der Waals surface area contributed by atoms with Crippen LogP contribution in [0, 0.1) is 0 Å². The van der Waals surface area contributed by atoms with Crippen LogP contribution in [0.1, 0.15) is 32.3 Å². The highest BCUT2D eigenvalue weighted by Crippen LogP contribution is 2.30. The van der Waals surface area contributed by atoms with Gasteiger partial charge in [0.1, 0.15) is 5.75 Å². The van der Waals surface area contributed by atoms with Gasteiger partial charge in [0, 0.05) is 18.6 Å². The predicted octanol–water partition coefficient (Wildman–Crippen LogP) is 2.62. The summed E-state index contributed by atoms with van der Waals surface area (Å²) in [5.74, 6) is 0.600. The summed E-state index contributed by atoms with van der Waals surface area (Å²) in [6.07, 6.45) is 2.87. The van der Waals surface area contributed by atoms with Gasteiger partial charge in [0.25, 0.3) is 5.91 Å². The van der Waals surface area contributed by atoms with Gasteiger partial charge in [0.15, 0.2) is 6.61 Å². The van der Waals surface area contributed by atoms with E-state index in [1.54, 1.807) is 6.07 Å². The molecule has 1 aliphatic rings. The molecule has 0 radical (unpaired) electrons. The van der Waals surface area contributed by atoms with Crippen LogP contribution in [-0.2, 0) is 11.2 Å². The highest BCUT2D eigenvalue weighted by Gasteiger charge is 2.31. The number of carbonyl (C=O) groups excluding carboxylic acids is 1. The molecular formula is C16H23ClN2O2. The van der Waals surface area contributed by atoms with Crippen molar-refractivity contribution >= 4 is 17.5 Å². The molecule has 0 aromatic heterocycles. The Morgan fingerprint density at radius 2 is 2.24 bits per heavy atom. The summed E-state index contributed by atoms with van der Waals surface area (Å²) >= 11 is 6.19. The van der Waals surface area contributed by atoms with Gasteiger partial charge in [-0.25, -0.2) is 0 Å². The molecule has 1 aliphatic carbocycles. The minimum Gasteiger partial charge on any atom is -0.482 e. The van der Waals surface area contributed by atoms with Gasteiger partial charge < -0.3 is 15.4 Å². The molecule has 1 amide bonds. The van der Waals surface area contributed by atoms with Crippen molar-refractivity contribution in [3.63, 3.8) is 0 Å². The summed E-state index contributed by atoms with van der Waals surface area (Å²) < 4.78 is 5.71. The van der Waals surface area contributed by atoms with Crippen LogP contribution in [-0.4, -0.2) is 36.0 Å². The topological polar surface area (TPSA) is 55.6 Å². The first-order valence-electron chi connectivity index (χ1n) is 7.48. The van der Waals surface area contributed by atoms with E-state index in [0.29, 0.717) is 23.2 Å². The van der Waals surface area contributed by atoms with E-state index in [1.807, 2.05) is 30.9 Å². The Balaban J connectivity index is 2.03.